The minimum Gasteiger partial charge on any atom is -0.394 e. The van der Waals surface area contributed by atoms with Gasteiger partial charge in [-0.15, -0.1) is 0 Å². The fourth-order valence-electron chi connectivity index (χ4n) is 1.99. The molecule has 1 aliphatic heterocycles. The molecule has 1 heterocycles. The van der Waals surface area contributed by atoms with E-state index >= 15 is 0 Å². The lowest BCUT2D eigenvalue weighted by Gasteiger charge is -2.37. The van der Waals surface area contributed by atoms with Crippen LogP contribution in [0.1, 0.15) is 26.7 Å². The zero-order chi connectivity index (χ0) is 11.5. The molecule has 0 bridgehead atoms. The molecule has 2 atom stereocenters. The molecule has 1 saturated heterocycles. The van der Waals surface area contributed by atoms with E-state index in [0.29, 0.717) is 0 Å². The molecule has 1 amide bonds. The van der Waals surface area contributed by atoms with Crippen molar-refractivity contribution < 1.29 is 9.90 Å². The van der Waals surface area contributed by atoms with Gasteiger partial charge in [0.05, 0.1) is 18.1 Å². The summed E-state index contributed by atoms with van der Waals surface area (Å²) in [7, 11) is 1.77. The molecular formula is C11H22N2O2. The van der Waals surface area contributed by atoms with Gasteiger partial charge in [-0.1, -0.05) is 0 Å². The summed E-state index contributed by atoms with van der Waals surface area (Å²) in [6.45, 7) is 5.63. The first-order valence-electron chi connectivity index (χ1n) is 5.60. The molecule has 2 N–H and O–H groups in total. The van der Waals surface area contributed by atoms with Gasteiger partial charge < -0.3 is 15.3 Å². The SMILES string of the molecule is CC(CO)N(C)C(=O)C1(C)CCCNC1. The Hall–Kier alpha value is -0.610. The minimum atomic E-state index is -0.295. The molecule has 0 aliphatic carbocycles. The Kier molecular flexibility index (Phi) is 4.11. The van der Waals surface area contributed by atoms with Crippen LogP contribution in [0.2, 0.25) is 0 Å². The van der Waals surface area contributed by atoms with Crippen molar-refractivity contribution in [2.24, 2.45) is 5.41 Å². The van der Waals surface area contributed by atoms with E-state index in [1.165, 1.54) is 0 Å². The Balaban J connectivity index is 2.65. The number of carbonyl (C=O) groups is 1. The number of rotatable bonds is 3. The Labute approximate surface area is 91.6 Å². The summed E-state index contributed by atoms with van der Waals surface area (Å²) in [6, 6.07) is -0.101. The quantitative estimate of drug-likeness (QED) is 0.706. The average molecular weight is 214 g/mol. The molecular weight excluding hydrogens is 192 g/mol. The summed E-state index contributed by atoms with van der Waals surface area (Å²) in [5.41, 5.74) is -0.295. The molecule has 0 aromatic carbocycles. The van der Waals surface area contributed by atoms with E-state index in [1.807, 2.05) is 13.8 Å². The summed E-state index contributed by atoms with van der Waals surface area (Å²) in [5, 5.41) is 12.3. The Morgan fingerprint density at radius 1 is 1.67 bits per heavy atom. The second-order valence-corrected chi connectivity index (χ2v) is 4.79. The van der Waals surface area contributed by atoms with Gasteiger partial charge in [0.2, 0.25) is 5.91 Å². The van der Waals surface area contributed by atoms with Crippen molar-refractivity contribution in [2.75, 3.05) is 26.7 Å². The highest BCUT2D eigenvalue weighted by molar-refractivity contribution is 5.82. The van der Waals surface area contributed by atoms with E-state index in [-0.39, 0.29) is 24.0 Å². The highest BCUT2D eigenvalue weighted by Gasteiger charge is 2.37. The number of amides is 1. The van der Waals surface area contributed by atoms with Crippen LogP contribution in [0.25, 0.3) is 0 Å². The van der Waals surface area contributed by atoms with Gasteiger partial charge in [0, 0.05) is 13.6 Å². The standard InChI is InChI=1S/C11H22N2O2/c1-9(7-14)13(3)10(15)11(2)5-4-6-12-8-11/h9,12,14H,4-8H2,1-3H3. The Morgan fingerprint density at radius 3 is 2.80 bits per heavy atom. The van der Waals surface area contributed by atoms with Crippen molar-refractivity contribution in [1.29, 1.82) is 0 Å². The number of aliphatic hydroxyl groups is 1. The number of carbonyl (C=O) groups excluding carboxylic acids is 1. The highest BCUT2D eigenvalue weighted by Crippen LogP contribution is 2.28. The van der Waals surface area contributed by atoms with Crippen LogP contribution in [0.3, 0.4) is 0 Å². The monoisotopic (exact) mass is 214 g/mol. The zero-order valence-electron chi connectivity index (χ0n) is 9.92. The second-order valence-electron chi connectivity index (χ2n) is 4.79. The van der Waals surface area contributed by atoms with Crippen molar-refractivity contribution >= 4 is 5.91 Å². The Bertz CT molecular complexity index is 225. The number of nitrogens with one attached hydrogen (secondary N) is 1. The number of hydrogen-bond donors (Lipinski definition) is 2. The van der Waals surface area contributed by atoms with Crippen LogP contribution >= 0.6 is 0 Å². The number of aliphatic hydroxyl groups excluding tert-OH is 1. The molecule has 0 radical (unpaired) electrons. The van der Waals surface area contributed by atoms with E-state index < -0.39 is 0 Å². The smallest absolute Gasteiger partial charge is 0.229 e. The third kappa shape index (κ3) is 2.69. The lowest BCUT2D eigenvalue weighted by Crippen LogP contribution is -2.51. The number of nitrogens with zero attached hydrogens (tertiary/aromatic N) is 1. The van der Waals surface area contributed by atoms with Crippen LogP contribution in [0.4, 0.5) is 0 Å². The van der Waals surface area contributed by atoms with Crippen LogP contribution in [-0.4, -0.2) is 48.7 Å². The van der Waals surface area contributed by atoms with Crippen LogP contribution in [0, 0.1) is 5.41 Å². The van der Waals surface area contributed by atoms with Crippen LogP contribution < -0.4 is 5.32 Å². The summed E-state index contributed by atoms with van der Waals surface area (Å²) in [5.74, 6) is 0.135. The van der Waals surface area contributed by atoms with E-state index in [0.717, 1.165) is 25.9 Å². The van der Waals surface area contributed by atoms with E-state index in [4.69, 9.17) is 5.11 Å². The van der Waals surface area contributed by atoms with Crippen LogP contribution in [-0.2, 0) is 4.79 Å². The van der Waals surface area contributed by atoms with Crippen molar-refractivity contribution in [2.45, 2.75) is 32.7 Å². The van der Waals surface area contributed by atoms with Gasteiger partial charge in [-0.3, -0.25) is 4.79 Å². The van der Waals surface area contributed by atoms with Crippen molar-refractivity contribution in [3.05, 3.63) is 0 Å². The highest BCUT2D eigenvalue weighted by atomic mass is 16.3. The van der Waals surface area contributed by atoms with Gasteiger partial charge >= 0.3 is 0 Å². The number of hydrogen-bond acceptors (Lipinski definition) is 3. The molecule has 1 aliphatic rings. The molecule has 0 spiro atoms. The van der Waals surface area contributed by atoms with Gasteiger partial charge in [0.15, 0.2) is 0 Å². The molecule has 2 unspecified atom stereocenters. The van der Waals surface area contributed by atoms with E-state index in [2.05, 4.69) is 5.32 Å². The Morgan fingerprint density at radius 2 is 2.33 bits per heavy atom. The molecule has 4 nitrogen and oxygen atoms in total. The first-order chi connectivity index (χ1) is 7.01. The van der Waals surface area contributed by atoms with Gasteiger partial charge in [0.1, 0.15) is 0 Å². The lowest BCUT2D eigenvalue weighted by atomic mass is 9.81. The summed E-state index contributed by atoms with van der Waals surface area (Å²) < 4.78 is 0. The van der Waals surface area contributed by atoms with E-state index in [9.17, 15) is 4.79 Å². The summed E-state index contributed by atoms with van der Waals surface area (Å²) >= 11 is 0. The largest absolute Gasteiger partial charge is 0.394 e. The predicted octanol–water partition coefficient (Wildman–Crippen LogP) is 0.215. The van der Waals surface area contributed by atoms with Crippen molar-refractivity contribution in [3.8, 4) is 0 Å². The van der Waals surface area contributed by atoms with E-state index in [1.54, 1.807) is 11.9 Å². The molecule has 4 heteroatoms. The van der Waals surface area contributed by atoms with Gasteiger partial charge in [-0.2, -0.15) is 0 Å². The first-order valence-corrected chi connectivity index (χ1v) is 5.60. The van der Waals surface area contributed by atoms with Gasteiger partial charge in [-0.25, -0.2) is 0 Å². The molecule has 1 fully saturated rings. The maximum absolute atomic E-state index is 12.2. The second kappa shape index (κ2) is 4.94. The van der Waals surface area contributed by atoms with Gasteiger partial charge in [-0.05, 0) is 33.2 Å². The normalized spacial score (nSPS) is 28.5. The maximum Gasteiger partial charge on any atom is 0.229 e. The van der Waals surface area contributed by atoms with Crippen LogP contribution in [0.5, 0.6) is 0 Å². The third-order valence-electron chi connectivity index (χ3n) is 3.36. The first kappa shape index (κ1) is 12.5. The molecule has 0 saturated carbocycles. The predicted molar refractivity (Wildman–Crippen MR) is 59.5 cm³/mol. The lowest BCUT2D eigenvalue weighted by molar-refractivity contribution is -0.143. The molecule has 15 heavy (non-hydrogen) atoms. The molecule has 88 valence electrons. The zero-order valence-corrected chi connectivity index (χ0v) is 9.92. The minimum absolute atomic E-state index is 0.0196. The third-order valence-corrected chi connectivity index (χ3v) is 3.36. The molecule has 1 rings (SSSR count). The average Bonchev–Trinajstić information content (AvgIpc) is 2.27. The fraction of sp³-hybridized carbons (Fsp3) is 0.909. The van der Waals surface area contributed by atoms with Crippen molar-refractivity contribution in [3.63, 3.8) is 0 Å². The molecule has 0 aromatic rings. The number of likely N-dealkylation sites (N-methyl/N-ethyl adjacent to an activating group) is 1. The maximum atomic E-state index is 12.2. The summed E-state index contributed by atoms with van der Waals surface area (Å²) in [6.07, 6.45) is 1.98. The summed E-state index contributed by atoms with van der Waals surface area (Å²) in [4.78, 5) is 13.9. The topological polar surface area (TPSA) is 52.6 Å². The number of piperidine rings is 1. The van der Waals surface area contributed by atoms with Crippen molar-refractivity contribution in [1.82, 2.24) is 10.2 Å². The van der Waals surface area contributed by atoms with Gasteiger partial charge in [0.25, 0.3) is 0 Å². The fourth-order valence-corrected chi connectivity index (χ4v) is 1.99. The molecule has 0 aromatic heterocycles. The van der Waals surface area contributed by atoms with Crippen LogP contribution in [0.15, 0.2) is 0 Å².